The smallest absolute Gasteiger partial charge is 0.224 e. The quantitative estimate of drug-likeness (QED) is 0.844. The van der Waals surface area contributed by atoms with Gasteiger partial charge in [0.25, 0.3) is 0 Å². The summed E-state index contributed by atoms with van der Waals surface area (Å²) in [4.78, 5) is 8.05. The van der Waals surface area contributed by atoms with Gasteiger partial charge in [-0.1, -0.05) is 0 Å². The highest BCUT2D eigenvalue weighted by Gasteiger charge is 2.00. The van der Waals surface area contributed by atoms with Gasteiger partial charge in [0, 0.05) is 25.8 Å². The summed E-state index contributed by atoms with van der Waals surface area (Å²) in [5, 5.41) is 5.98. The zero-order valence-corrected chi connectivity index (χ0v) is 9.77. The third-order valence-corrected chi connectivity index (χ3v) is 2.26. The normalized spacial score (nSPS) is 9.76. The minimum absolute atomic E-state index is 0.515. The number of hydrogen-bond acceptors (Lipinski definition) is 5. The van der Waals surface area contributed by atoms with Gasteiger partial charge in [0.1, 0.15) is 17.9 Å². The Morgan fingerprint density at radius 3 is 2.41 bits per heavy atom. The Balaban J connectivity index is 2.13. The standard InChI is InChI=1S/C12H14N4O/c1-13-9-3-5-10(6-4-9)17-12-7-11(14-2)15-8-16-12/h3-8,13H,1-2H3,(H,14,15,16). The summed E-state index contributed by atoms with van der Waals surface area (Å²) in [5.74, 6) is 1.98. The van der Waals surface area contributed by atoms with Crippen molar-refractivity contribution in [3.8, 4) is 11.6 Å². The van der Waals surface area contributed by atoms with Gasteiger partial charge < -0.3 is 15.4 Å². The summed E-state index contributed by atoms with van der Waals surface area (Å²) in [5.41, 5.74) is 1.04. The lowest BCUT2D eigenvalue weighted by Crippen LogP contribution is -1.95. The summed E-state index contributed by atoms with van der Waals surface area (Å²) in [6.45, 7) is 0. The molecule has 0 aliphatic carbocycles. The Kier molecular flexibility index (Phi) is 3.40. The minimum atomic E-state index is 0.515. The van der Waals surface area contributed by atoms with Crippen LogP contribution in [0, 0.1) is 0 Å². The molecule has 5 nitrogen and oxygen atoms in total. The van der Waals surface area contributed by atoms with E-state index in [2.05, 4.69) is 20.6 Å². The maximum Gasteiger partial charge on any atom is 0.224 e. The van der Waals surface area contributed by atoms with Crippen LogP contribution in [0.1, 0.15) is 0 Å². The van der Waals surface area contributed by atoms with Crippen molar-refractivity contribution >= 4 is 11.5 Å². The molecule has 1 heterocycles. The van der Waals surface area contributed by atoms with Crippen LogP contribution in [0.4, 0.5) is 11.5 Å². The van der Waals surface area contributed by atoms with Crippen molar-refractivity contribution in [1.29, 1.82) is 0 Å². The molecule has 2 rings (SSSR count). The average molecular weight is 230 g/mol. The largest absolute Gasteiger partial charge is 0.439 e. The molecule has 0 aliphatic heterocycles. The first-order valence-electron chi connectivity index (χ1n) is 5.27. The molecule has 0 spiro atoms. The van der Waals surface area contributed by atoms with Gasteiger partial charge >= 0.3 is 0 Å². The number of aromatic nitrogens is 2. The summed E-state index contributed by atoms with van der Waals surface area (Å²) >= 11 is 0. The molecule has 0 fully saturated rings. The molecule has 0 bridgehead atoms. The van der Waals surface area contributed by atoms with Gasteiger partial charge in [-0.15, -0.1) is 0 Å². The Labute approximate surface area is 99.9 Å². The van der Waals surface area contributed by atoms with Crippen LogP contribution in [-0.2, 0) is 0 Å². The maximum absolute atomic E-state index is 5.60. The summed E-state index contributed by atoms with van der Waals surface area (Å²) in [7, 11) is 3.67. The number of rotatable bonds is 4. The third kappa shape index (κ3) is 2.84. The van der Waals surface area contributed by atoms with E-state index in [-0.39, 0.29) is 0 Å². The topological polar surface area (TPSA) is 59.1 Å². The Bertz CT molecular complexity index is 484. The van der Waals surface area contributed by atoms with E-state index in [9.17, 15) is 0 Å². The molecular formula is C12H14N4O. The molecule has 0 saturated carbocycles. The van der Waals surface area contributed by atoms with Crippen molar-refractivity contribution in [2.24, 2.45) is 0 Å². The fourth-order valence-electron chi connectivity index (χ4n) is 1.34. The van der Waals surface area contributed by atoms with Gasteiger partial charge in [-0.25, -0.2) is 9.97 Å². The third-order valence-electron chi connectivity index (χ3n) is 2.26. The molecular weight excluding hydrogens is 216 g/mol. The van der Waals surface area contributed by atoms with E-state index >= 15 is 0 Å². The first-order chi connectivity index (χ1) is 8.31. The van der Waals surface area contributed by atoms with E-state index in [0.29, 0.717) is 5.88 Å². The van der Waals surface area contributed by atoms with Gasteiger partial charge in [-0.2, -0.15) is 0 Å². The molecule has 0 aliphatic rings. The molecule has 0 unspecified atom stereocenters. The van der Waals surface area contributed by atoms with Crippen LogP contribution in [-0.4, -0.2) is 24.1 Å². The number of anilines is 2. The monoisotopic (exact) mass is 230 g/mol. The predicted molar refractivity (Wildman–Crippen MR) is 67.6 cm³/mol. The molecule has 1 aromatic carbocycles. The van der Waals surface area contributed by atoms with E-state index in [4.69, 9.17) is 4.74 Å². The van der Waals surface area contributed by atoms with Crippen molar-refractivity contribution in [3.05, 3.63) is 36.7 Å². The molecule has 2 aromatic rings. The summed E-state index contributed by atoms with van der Waals surface area (Å²) in [6, 6.07) is 9.39. The first-order valence-corrected chi connectivity index (χ1v) is 5.27. The van der Waals surface area contributed by atoms with E-state index in [1.165, 1.54) is 6.33 Å². The van der Waals surface area contributed by atoms with Crippen LogP contribution in [0.15, 0.2) is 36.7 Å². The highest BCUT2D eigenvalue weighted by atomic mass is 16.5. The molecule has 0 atom stereocenters. The molecule has 88 valence electrons. The average Bonchev–Trinajstić information content (AvgIpc) is 2.40. The van der Waals surface area contributed by atoms with Crippen molar-refractivity contribution in [2.75, 3.05) is 24.7 Å². The molecule has 1 aromatic heterocycles. The Morgan fingerprint density at radius 2 is 1.76 bits per heavy atom. The molecule has 5 heteroatoms. The SMILES string of the molecule is CNc1ccc(Oc2cc(NC)ncn2)cc1. The van der Waals surface area contributed by atoms with Crippen molar-refractivity contribution in [2.45, 2.75) is 0 Å². The van der Waals surface area contributed by atoms with Crippen molar-refractivity contribution in [1.82, 2.24) is 9.97 Å². The number of nitrogens with one attached hydrogen (secondary N) is 2. The Morgan fingerprint density at radius 1 is 1.00 bits per heavy atom. The second-order valence-corrected chi connectivity index (χ2v) is 3.37. The highest BCUT2D eigenvalue weighted by molar-refractivity contribution is 5.46. The van der Waals surface area contributed by atoms with Crippen LogP contribution in [0.2, 0.25) is 0 Å². The lowest BCUT2D eigenvalue weighted by atomic mass is 10.3. The Hall–Kier alpha value is -2.30. The van der Waals surface area contributed by atoms with Crippen LogP contribution in [0.25, 0.3) is 0 Å². The fourth-order valence-corrected chi connectivity index (χ4v) is 1.34. The number of ether oxygens (including phenoxy) is 1. The van der Waals surface area contributed by atoms with Crippen LogP contribution >= 0.6 is 0 Å². The second-order valence-electron chi connectivity index (χ2n) is 3.37. The van der Waals surface area contributed by atoms with Crippen LogP contribution < -0.4 is 15.4 Å². The number of hydrogen-bond donors (Lipinski definition) is 2. The minimum Gasteiger partial charge on any atom is -0.439 e. The molecule has 17 heavy (non-hydrogen) atoms. The van der Waals surface area contributed by atoms with Crippen molar-refractivity contribution in [3.63, 3.8) is 0 Å². The van der Waals surface area contributed by atoms with Gasteiger partial charge in [-0.05, 0) is 24.3 Å². The summed E-state index contributed by atoms with van der Waals surface area (Å²) < 4.78 is 5.60. The van der Waals surface area contributed by atoms with Crippen molar-refractivity contribution < 1.29 is 4.74 Å². The molecule has 2 N–H and O–H groups in total. The zero-order chi connectivity index (χ0) is 12.1. The van der Waals surface area contributed by atoms with E-state index in [1.54, 1.807) is 13.1 Å². The molecule has 0 radical (unpaired) electrons. The van der Waals surface area contributed by atoms with Gasteiger partial charge in [0.15, 0.2) is 0 Å². The predicted octanol–water partition coefficient (Wildman–Crippen LogP) is 2.35. The van der Waals surface area contributed by atoms with E-state index in [1.807, 2.05) is 31.3 Å². The lowest BCUT2D eigenvalue weighted by Gasteiger charge is -2.06. The first kappa shape index (κ1) is 11.2. The van der Waals surface area contributed by atoms with Gasteiger partial charge in [0.2, 0.25) is 5.88 Å². The van der Waals surface area contributed by atoms with E-state index in [0.717, 1.165) is 17.3 Å². The maximum atomic E-state index is 5.60. The summed E-state index contributed by atoms with van der Waals surface area (Å²) in [6.07, 6.45) is 1.46. The second kappa shape index (κ2) is 5.16. The van der Waals surface area contributed by atoms with Gasteiger partial charge in [-0.3, -0.25) is 0 Å². The zero-order valence-electron chi connectivity index (χ0n) is 9.77. The number of nitrogens with zero attached hydrogens (tertiary/aromatic N) is 2. The van der Waals surface area contributed by atoms with Crippen LogP contribution in [0.5, 0.6) is 11.6 Å². The highest BCUT2D eigenvalue weighted by Crippen LogP contribution is 2.22. The van der Waals surface area contributed by atoms with Gasteiger partial charge in [0.05, 0.1) is 0 Å². The molecule has 0 saturated heterocycles. The van der Waals surface area contributed by atoms with Crippen LogP contribution in [0.3, 0.4) is 0 Å². The van der Waals surface area contributed by atoms with E-state index < -0.39 is 0 Å². The number of benzene rings is 1. The fraction of sp³-hybridized carbons (Fsp3) is 0.167. The molecule has 0 amide bonds. The lowest BCUT2D eigenvalue weighted by molar-refractivity contribution is 0.462.